The third kappa shape index (κ3) is 5.51. The van der Waals surface area contributed by atoms with Crippen molar-refractivity contribution in [3.8, 4) is 5.69 Å². The van der Waals surface area contributed by atoms with Gasteiger partial charge >= 0.3 is 0 Å². The number of benzene rings is 3. The van der Waals surface area contributed by atoms with Crippen molar-refractivity contribution in [2.45, 2.75) is 20.3 Å². The van der Waals surface area contributed by atoms with E-state index in [-0.39, 0.29) is 11.6 Å². The highest BCUT2D eigenvalue weighted by Gasteiger charge is 2.33. The third-order valence-electron chi connectivity index (χ3n) is 7.28. The second-order valence-corrected chi connectivity index (χ2v) is 12.2. The molecule has 0 bridgehead atoms. The van der Waals surface area contributed by atoms with Gasteiger partial charge in [0.15, 0.2) is 5.17 Å². The molecule has 3 heterocycles. The van der Waals surface area contributed by atoms with Crippen LogP contribution in [0.2, 0.25) is 0 Å². The third-order valence-corrected chi connectivity index (χ3v) is 8.95. The summed E-state index contributed by atoms with van der Waals surface area (Å²) in [5.74, 6) is -0.112. The van der Waals surface area contributed by atoms with Gasteiger partial charge in [0.1, 0.15) is 0 Å². The number of nitro groups is 1. The minimum absolute atomic E-state index is 0.00524. The van der Waals surface area contributed by atoms with Crippen molar-refractivity contribution < 1.29 is 9.72 Å². The molecule has 1 N–H and O–H groups in total. The quantitative estimate of drug-likeness (QED) is 0.0814. The van der Waals surface area contributed by atoms with Gasteiger partial charge in [-0.2, -0.15) is 0 Å². The van der Waals surface area contributed by atoms with Gasteiger partial charge in [-0.3, -0.25) is 19.8 Å². The summed E-state index contributed by atoms with van der Waals surface area (Å²) in [7, 11) is 0. The lowest BCUT2D eigenvalue weighted by molar-refractivity contribution is -0.384. The van der Waals surface area contributed by atoms with Gasteiger partial charge in [-0.05, 0) is 114 Å². The maximum atomic E-state index is 13.8. The normalized spacial score (nSPS) is 15.4. The molecule has 6 rings (SSSR count). The van der Waals surface area contributed by atoms with E-state index in [0.717, 1.165) is 42.7 Å². The Morgan fingerprint density at radius 2 is 1.83 bits per heavy atom. The highest BCUT2D eigenvalue weighted by Crippen LogP contribution is 2.36. The second-order valence-electron chi connectivity index (χ2n) is 9.99. The number of aryl methyl sites for hydroxylation is 1. The van der Waals surface area contributed by atoms with E-state index in [4.69, 9.17) is 4.99 Å². The molecule has 42 heavy (non-hydrogen) atoms. The fraction of sp³-hybridized carbons (Fsp3) is 0.125. The van der Waals surface area contributed by atoms with Crippen LogP contribution in [0.3, 0.4) is 0 Å². The summed E-state index contributed by atoms with van der Waals surface area (Å²) in [5.41, 5.74) is 6.88. The summed E-state index contributed by atoms with van der Waals surface area (Å²) in [5, 5.41) is 12.8. The van der Waals surface area contributed by atoms with Crippen LogP contribution in [0.1, 0.15) is 22.5 Å². The summed E-state index contributed by atoms with van der Waals surface area (Å²) in [6.07, 6.45) is 4.57. The Hall–Kier alpha value is -4.16. The number of rotatable bonds is 7. The molecular weight excluding hydrogens is 661 g/mol. The van der Waals surface area contributed by atoms with E-state index in [0.29, 0.717) is 28.7 Å². The van der Waals surface area contributed by atoms with Crippen LogP contribution in [0.5, 0.6) is 0 Å². The first-order valence-electron chi connectivity index (χ1n) is 13.3. The van der Waals surface area contributed by atoms with E-state index in [9.17, 15) is 14.9 Å². The summed E-state index contributed by atoms with van der Waals surface area (Å²) in [6, 6.07) is 24.6. The number of hydrogen-bond acceptors (Lipinski definition) is 5. The highest BCUT2D eigenvalue weighted by molar-refractivity contribution is 14.1. The van der Waals surface area contributed by atoms with Crippen LogP contribution in [0.25, 0.3) is 22.7 Å². The molecule has 1 amide bonds. The zero-order chi connectivity index (χ0) is 29.4. The lowest BCUT2D eigenvalue weighted by atomic mass is 10.1. The average molecular weight is 688 g/mol. The molecule has 0 aliphatic carbocycles. The summed E-state index contributed by atoms with van der Waals surface area (Å²) >= 11 is 3.64. The van der Waals surface area contributed by atoms with Gasteiger partial charge < -0.3 is 9.55 Å². The van der Waals surface area contributed by atoms with Gasteiger partial charge in [-0.25, -0.2) is 4.99 Å². The number of H-pyrrole nitrogens is 1. The Balaban J connectivity index is 1.34. The van der Waals surface area contributed by atoms with Crippen LogP contribution in [-0.4, -0.2) is 37.0 Å². The maximum absolute atomic E-state index is 13.8. The minimum Gasteiger partial charge on any atom is -0.361 e. The number of amidine groups is 1. The molecule has 0 unspecified atom stereocenters. The fourth-order valence-electron chi connectivity index (χ4n) is 5.21. The van der Waals surface area contributed by atoms with Crippen LogP contribution in [0.15, 0.2) is 95.0 Å². The van der Waals surface area contributed by atoms with Gasteiger partial charge in [-0.1, -0.05) is 24.3 Å². The lowest BCUT2D eigenvalue weighted by Gasteiger charge is -2.15. The van der Waals surface area contributed by atoms with E-state index >= 15 is 0 Å². The molecule has 8 nitrogen and oxygen atoms in total. The number of nitrogens with one attached hydrogen (secondary N) is 1. The molecule has 0 atom stereocenters. The molecule has 2 aromatic heterocycles. The van der Waals surface area contributed by atoms with E-state index in [1.165, 1.54) is 23.9 Å². The van der Waals surface area contributed by atoms with Crippen LogP contribution >= 0.6 is 34.4 Å². The number of non-ortho nitro benzene ring substituents is 1. The van der Waals surface area contributed by atoms with E-state index in [1.807, 2.05) is 36.5 Å². The average Bonchev–Trinajstić information content (AvgIpc) is 3.61. The molecule has 1 aliphatic rings. The van der Waals surface area contributed by atoms with Crippen LogP contribution in [0, 0.1) is 27.5 Å². The Morgan fingerprint density at radius 3 is 2.60 bits per heavy atom. The Kier molecular flexibility index (Phi) is 7.74. The number of aliphatic imine (C=N–C) groups is 1. The number of aromatic nitrogens is 2. The minimum atomic E-state index is -0.439. The van der Waals surface area contributed by atoms with Crippen molar-refractivity contribution in [3.63, 3.8) is 0 Å². The molecular formula is C32H26IN5O3S. The number of amides is 1. The molecule has 3 aromatic carbocycles. The SMILES string of the molecule is Cc1cc(/C=C2\SC(=Nc3ccc([N+](=O)[O-])cc3)N(CCc3c[nH]c4ccccc34)C2=O)c(C)n1-c1cccc(I)c1. The molecule has 0 spiro atoms. The standard InChI is InChI=1S/C32H26IN5O3S/c1-20-16-23(21(2)37(20)27-7-5-6-24(33)18-27)17-30-31(39)36(15-14-22-19-34-29-9-4-3-8-28(22)29)32(42-30)35-25-10-12-26(13-11-25)38(40)41/h3-13,16-19,34H,14-15H2,1-2H3/b30-17-,35-32?. The molecule has 1 aliphatic heterocycles. The molecule has 5 aromatic rings. The van der Waals surface area contributed by atoms with Crippen molar-refractivity contribution in [2.75, 3.05) is 6.54 Å². The van der Waals surface area contributed by atoms with E-state index in [1.54, 1.807) is 17.0 Å². The van der Waals surface area contributed by atoms with Gasteiger partial charge in [0.25, 0.3) is 11.6 Å². The smallest absolute Gasteiger partial charge is 0.269 e. The van der Waals surface area contributed by atoms with E-state index < -0.39 is 4.92 Å². The summed E-state index contributed by atoms with van der Waals surface area (Å²) < 4.78 is 3.34. The number of thioether (sulfide) groups is 1. The number of halogens is 1. The highest BCUT2D eigenvalue weighted by atomic mass is 127. The number of nitrogens with zero attached hydrogens (tertiary/aromatic N) is 4. The zero-order valence-corrected chi connectivity index (χ0v) is 25.8. The van der Waals surface area contributed by atoms with Crippen LogP contribution in [-0.2, 0) is 11.2 Å². The van der Waals surface area contributed by atoms with Crippen LogP contribution in [0.4, 0.5) is 11.4 Å². The number of hydrogen-bond donors (Lipinski definition) is 1. The molecule has 10 heteroatoms. The molecule has 1 saturated heterocycles. The largest absolute Gasteiger partial charge is 0.361 e. The van der Waals surface area contributed by atoms with Crippen LogP contribution < -0.4 is 0 Å². The Morgan fingerprint density at radius 1 is 1.05 bits per heavy atom. The first-order valence-corrected chi connectivity index (χ1v) is 15.2. The van der Waals surface area contributed by atoms with Crippen molar-refractivity contribution in [3.05, 3.63) is 126 Å². The lowest BCUT2D eigenvalue weighted by Crippen LogP contribution is -2.31. The van der Waals surface area contributed by atoms with Gasteiger partial charge in [0, 0.05) is 56.4 Å². The molecule has 0 saturated carbocycles. The Bertz CT molecular complexity index is 1910. The number of nitro benzene ring substituents is 1. The number of fused-ring (bicyclic) bond motifs is 1. The molecule has 0 radical (unpaired) electrons. The number of carbonyl (C=O) groups is 1. The fourth-order valence-corrected chi connectivity index (χ4v) is 6.75. The zero-order valence-electron chi connectivity index (χ0n) is 22.9. The van der Waals surface area contributed by atoms with Crippen molar-refractivity contribution in [1.82, 2.24) is 14.5 Å². The van der Waals surface area contributed by atoms with E-state index in [2.05, 4.69) is 76.3 Å². The monoisotopic (exact) mass is 687 g/mol. The van der Waals surface area contributed by atoms with Gasteiger partial charge in [0.05, 0.1) is 15.5 Å². The van der Waals surface area contributed by atoms with Gasteiger partial charge in [-0.15, -0.1) is 0 Å². The summed E-state index contributed by atoms with van der Waals surface area (Å²) in [6.45, 7) is 4.57. The number of para-hydroxylation sites is 1. The van der Waals surface area contributed by atoms with Crippen molar-refractivity contribution >= 4 is 73.8 Å². The number of aromatic amines is 1. The summed E-state index contributed by atoms with van der Waals surface area (Å²) in [4.78, 5) is 34.9. The first kappa shape index (κ1) is 28.0. The second kappa shape index (κ2) is 11.6. The first-order chi connectivity index (χ1) is 20.3. The van der Waals surface area contributed by atoms with Crippen molar-refractivity contribution in [1.29, 1.82) is 0 Å². The number of carbonyl (C=O) groups excluding carboxylic acids is 1. The predicted octanol–water partition coefficient (Wildman–Crippen LogP) is 7.93. The molecule has 210 valence electrons. The van der Waals surface area contributed by atoms with Gasteiger partial charge in [0.2, 0.25) is 0 Å². The Labute approximate surface area is 260 Å². The maximum Gasteiger partial charge on any atom is 0.269 e. The topological polar surface area (TPSA) is 96.5 Å². The predicted molar refractivity (Wildman–Crippen MR) is 177 cm³/mol. The van der Waals surface area contributed by atoms with Crippen molar-refractivity contribution in [2.24, 2.45) is 4.99 Å². The molecule has 1 fully saturated rings.